The number of nitrogens with zero attached hydrogens (tertiary/aromatic N) is 2. The summed E-state index contributed by atoms with van der Waals surface area (Å²) >= 11 is 0. The molecule has 22 heavy (non-hydrogen) atoms. The van der Waals surface area contributed by atoms with Crippen LogP contribution in [0.5, 0.6) is 5.75 Å². The Morgan fingerprint density at radius 1 is 1.45 bits per heavy atom. The highest BCUT2D eigenvalue weighted by atomic mass is 16.5. The molecule has 2 aliphatic rings. The summed E-state index contributed by atoms with van der Waals surface area (Å²) in [6.45, 7) is 8.05. The van der Waals surface area contributed by atoms with E-state index in [0.29, 0.717) is 0 Å². The van der Waals surface area contributed by atoms with Crippen molar-refractivity contribution < 1.29 is 9.53 Å². The number of rotatable bonds is 4. The number of hydrogen-bond acceptors (Lipinski definition) is 3. The van der Waals surface area contributed by atoms with Crippen LogP contribution >= 0.6 is 0 Å². The number of hydrogen-bond donors (Lipinski definition) is 0. The van der Waals surface area contributed by atoms with Gasteiger partial charge < -0.3 is 9.64 Å². The number of methoxy groups -OCH3 is 1. The number of ether oxygens (including phenoxy) is 1. The average Bonchev–Trinajstić information content (AvgIpc) is 3.04. The third kappa shape index (κ3) is 2.41. The zero-order valence-electron chi connectivity index (χ0n) is 13.8. The van der Waals surface area contributed by atoms with Gasteiger partial charge in [0.2, 0.25) is 5.91 Å². The minimum atomic E-state index is 0.0186. The van der Waals surface area contributed by atoms with Gasteiger partial charge in [-0.15, -0.1) is 0 Å². The third-order valence-corrected chi connectivity index (χ3v) is 4.81. The molecule has 2 heterocycles. The van der Waals surface area contributed by atoms with Crippen LogP contribution < -0.4 is 9.64 Å². The Labute approximate surface area is 132 Å². The molecule has 2 bridgehead atoms. The van der Waals surface area contributed by atoms with Crippen molar-refractivity contribution in [2.24, 2.45) is 0 Å². The van der Waals surface area contributed by atoms with E-state index in [1.54, 1.807) is 7.11 Å². The van der Waals surface area contributed by atoms with Crippen molar-refractivity contribution in [1.29, 1.82) is 0 Å². The number of likely N-dealkylation sites (tertiary alicyclic amines) is 1. The van der Waals surface area contributed by atoms with E-state index in [2.05, 4.69) is 30.9 Å². The van der Waals surface area contributed by atoms with Crippen LogP contribution in [-0.4, -0.2) is 43.1 Å². The monoisotopic (exact) mass is 300 g/mol. The highest BCUT2D eigenvalue weighted by Crippen LogP contribution is 2.40. The predicted octanol–water partition coefficient (Wildman–Crippen LogP) is 2.76. The van der Waals surface area contributed by atoms with E-state index in [1.165, 1.54) is 5.57 Å². The van der Waals surface area contributed by atoms with Crippen molar-refractivity contribution in [2.45, 2.75) is 39.3 Å². The van der Waals surface area contributed by atoms with Gasteiger partial charge in [-0.2, -0.15) is 0 Å². The van der Waals surface area contributed by atoms with Crippen molar-refractivity contribution in [3.63, 3.8) is 0 Å². The maximum absolute atomic E-state index is 12.8. The van der Waals surface area contributed by atoms with Gasteiger partial charge in [0, 0.05) is 13.1 Å². The molecule has 0 spiro atoms. The molecule has 4 heteroatoms. The Balaban J connectivity index is 1.86. The van der Waals surface area contributed by atoms with Crippen LogP contribution in [0.25, 0.3) is 0 Å². The first-order valence-corrected chi connectivity index (χ1v) is 7.88. The van der Waals surface area contributed by atoms with Crippen molar-refractivity contribution in [2.75, 3.05) is 25.1 Å². The van der Waals surface area contributed by atoms with Crippen LogP contribution in [-0.2, 0) is 4.79 Å². The molecule has 2 atom stereocenters. The Morgan fingerprint density at radius 2 is 2.23 bits per heavy atom. The second kappa shape index (κ2) is 5.76. The molecule has 0 unspecified atom stereocenters. The number of anilines is 1. The summed E-state index contributed by atoms with van der Waals surface area (Å²) in [5, 5.41) is 0. The highest BCUT2D eigenvalue weighted by molar-refractivity contribution is 6.02. The molecule has 1 aromatic rings. The van der Waals surface area contributed by atoms with Crippen LogP contribution in [0.1, 0.15) is 25.8 Å². The summed E-state index contributed by atoms with van der Waals surface area (Å²) in [4.78, 5) is 17.1. The van der Waals surface area contributed by atoms with E-state index < -0.39 is 0 Å². The van der Waals surface area contributed by atoms with Crippen LogP contribution in [0.2, 0.25) is 0 Å². The quantitative estimate of drug-likeness (QED) is 0.802. The standard InChI is InChI=1S/C18H24N2O2/c1-5-12(2)10-19-11-14-9-16(19)18(21)20(14)15-8-13(3)6-7-17(15)22-4/h5-8,14,16H,9-11H2,1-4H3/t14-,16-/m0/s1. The fraction of sp³-hybridized carbons (Fsp3) is 0.500. The molecule has 0 aromatic heterocycles. The smallest absolute Gasteiger partial charge is 0.244 e. The second-order valence-corrected chi connectivity index (χ2v) is 6.35. The molecular weight excluding hydrogens is 276 g/mol. The highest BCUT2D eigenvalue weighted by Gasteiger charge is 2.50. The van der Waals surface area contributed by atoms with Gasteiger partial charge in [-0.3, -0.25) is 9.69 Å². The van der Waals surface area contributed by atoms with Gasteiger partial charge >= 0.3 is 0 Å². The predicted molar refractivity (Wildman–Crippen MR) is 88.4 cm³/mol. The lowest BCUT2D eigenvalue weighted by molar-refractivity contribution is -0.122. The van der Waals surface area contributed by atoms with Gasteiger partial charge in [0.1, 0.15) is 5.75 Å². The SMILES string of the molecule is CC=C(C)CN1C[C@@H]2C[C@H]1C(=O)N2c1cc(C)ccc1OC. The molecule has 4 nitrogen and oxygen atoms in total. The Hall–Kier alpha value is -1.81. The van der Waals surface area contributed by atoms with Crippen molar-refractivity contribution >= 4 is 11.6 Å². The van der Waals surface area contributed by atoms with Crippen molar-refractivity contribution in [3.8, 4) is 5.75 Å². The third-order valence-electron chi connectivity index (χ3n) is 4.81. The van der Waals surface area contributed by atoms with Gasteiger partial charge in [0.25, 0.3) is 0 Å². The first-order chi connectivity index (χ1) is 10.5. The van der Waals surface area contributed by atoms with Gasteiger partial charge in [-0.05, 0) is 44.9 Å². The minimum absolute atomic E-state index is 0.0186. The fourth-order valence-electron chi connectivity index (χ4n) is 3.55. The number of fused-ring (bicyclic) bond motifs is 2. The number of allylic oxidation sites excluding steroid dienone is 1. The number of carbonyl (C=O) groups is 1. The van der Waals surface area contributed by atoms with E-state index in [-0.39, 0.29) is 18.0 Å². The zero-order chi connectivity index (χ0) is 15.9. The van der Waals surface area contributed by atoms with Crippen LogP contribution in [0.3, 0.4) is 0 Å². The lowest BCUT2D eigenvalue weighted by atomic mass is 10.1. The fourth-order valence-corrected chi connectivity index (χ4v) is 3.55. The molecule has 3 rings (SSSR count). The largest absolute Gasteiger partial charge is 0.495 e. The summed E-state index contributed by atoms with van der Waals surface area (Å²) in [6.07, 6.45) is 3.05. The van der Waals surface area contributed by atoms with Gasteiger partial charge in [0.15, 0.2) is 0 Å². The van der Waals surface area contributed by atoms with E-state index in [0.717, 1.165) is 36.5 Å². The van der Waals surface area contributed by atoms with Gasteiger partial charge in [-0.1, -0.05) is 17.7 Å². The first kappa shape index (κ1) is 15.1. The molecule has 0 aliphatic carbocycles. The Bertz CT molecular complexity index is 624. The first-order valence-electron chi connectivity index (χ1n) is 7.88. The van der Waals surface area contributed by atoms with E-state index in [9.17, 15) is 4.79 Å². The summed E-state index contributed by atoms with van der Waals surface area (Å²) < 4.78 is 5.46. The maximum Gasteiger partial charge on any atom is 0.244 e. The maximum atomic E-state index is 12.8. The van der Waals surface area contributed by atoms with Crippen molar-refractivity contribution in [3.05, 3.63) is 35.4 Å². The molecule has 2 fully saturated rings. The van der Waals surface area contributed by atoms with Gasteiger partial charge in [0.05, 0.1) is 24.9 Å². The minimum Gasteiger partial charge on any atom is -0.495 e. The molecule has 2 saturated heterocycles. The average molecular weight is 300 g/mol. The normalized spacial score (nSPS) is 25.2. The van der Waals surface area contributed by atoms with E-state index in [1.807, 2.05) is 24.0 Å². The Morgan fingerprint density at radius 3 is 2.86 bits per heavy atom. The molecule has 118 valence electrons. The number of amides is 1. The molecule has 1 amide bonds. The van der Waals surface area contributed by atoms with Crippen LogP contribution in [0.15, 0.2) is 29.8 Å². The lowest BCUT2D eigenvalue weighted by Gasteiger charge is -2.34. The molecule has 0 radical (unpaired) electrons. The van der Waals surface area contributed by atoms with E-state index >= 15 is 0 Å². The van der Waals surface area contributed by atoms with Crippen LogP contribution in [0.4, 0.5) is 5.69 Å². The van der Waals surface area contributed by atoms with Gasteiger partial charge in [-0.25, -0.2) is 0 Å². The molecule has 2 aliphatic heterocycles. The molecule has 0 N–H and O–H groups in total. The van der Waals surface area contributed by atoms with Crippen molar-refractivity contribution in [1.82, 2.24) is 4.90 Å². The lowest BCUT2D eigenvalue weighted by Crippen LogP contribution is -2.51. The second-order valence-electron chi connectivity index (χ2n) is 6.35. The topological polar surface area (TPSA) is 32.8 Å². The van der Waals surface area contributed by atoms with E-state index in [4.69, 9.17) is 4.74 Å². The summed E-state index contributed by atoms with van der Waals surface area (Å²) in [5.41, 5.74) is 3.38. The number of carbonyl (C=O) groups excluding carboxylic acids is 1. The molecule has 0 saturated carbocycles. The molecule has 1 aromatic carbocycles. The van der Waals surface area contributed by atoms with Crippen LogP contribution in [0, 0.1) is 6.92 Å². The molecular formula is C18H24N2O2. The summed E-state index contributed by atoms with van der Waals surface area (Å²) in [5.74, 6) is 0.992. The number of benzene rings is 1. The summed E-state index contributed by atoms with van der Waals surface area (Å²) in [6, 6.07) is 6.30. The Kier molecular flexibility index (Phi) is 3.96. The number of piperazine rings is 1. The zero-order valence-corrected chi connectivity index (χ0v) is 13.8. The summed E-state index contributed by atoms with van der Waals surface area (Å²) in [7, 11) is 1.66. The number of aryl methyl sites for hydroxylation is 1.